The quantitative estimate of drug-likeness (QED) is 0.757. The molecule has 1 saturated carbocycles. The van der Waals surface area contributed by atoms with E-state index < -0.39 is 0 Å². The summed E-state index contributed by atoms with van der Waals surface area (Å²) in [5.74, 6) is 1.04. The zero-order valence-corrected chi connectivity index (χ0v) is 11.6. The molecule has 0 amide bonds. The topological polar surface area (TPSA) is 3.24 Å². The van der Waals surface area contributed by atoms with Gasteiger partial charge >= 0.3 is 0 Å². The molecule has 0 unspecified atom stereocenters. The molecule has 1 aromatic carbocycles. The van der Waals surface area contributed by atoms with Crippen LogP contribution < -0.4 is 0 Å². The predicted molar refractivity (Wildman–Crippen MR) is 77.8 cm³/mol. The molecule has 1 aromatic rings. The van der Waals surface area contributed by atoms with Gasteiger partial charge in [-0.25, -0.2) is 0 Å². The maximum Gasteiger partial charge on any atom is 0.00429 e. The summed E-state index contributed by atoms with van der Waals surface area (Å²) in [6, 6.07) is 10.8. The summed E-state index contributed by atoms with van der Waals surface area (Å²) in [7, 11) is 2.24. The Labute approximate surface area is 111 Å². The molecule has 0 atom stereocenters. The van der Waals surface area contributed by atoms with Crippen LogP contribution in [0.5, 0.6) is 0 Å². The van der Waals surface area contributed by atoms with Crippen molar-refractivity contribution in [1.82, 2.24) is 4.90 Å². The van der Waals surface area contributed by atoms with Crippen molar-refractivity contribution >= 4 is 12.6 Å². The molecule has 0 saturated heterocycles. The number of thiol groups is 1. The first-order chi connectivity index (χ1) is 8.24. The van der Waals surface area contributed by atoms with E-state index in [1.54, 1.807) is 0 Å². The van der Waals surface area contributed by atoms with Crippen LogP contribution in [0.1, 0.15) is 24.8 Å². The van der Waals surface area contributed by atoms with Crippen molar-refractivity contribution in [2.45, 2.75) is 25.7 Å². The number of hydrogen-bond donors (Lipinski definition) is 1. The average molecular weight is 249 g/mol. The third-order valence-electron chi connectivity index (χ3n) is 3.98. The zero-order chi connectivity index (χ0) is 12.1. The highest BCUT2D eigenvalue weighted by Crippen LogP contribution is 2.42. The van der Waals surface area contributed by atoms with Gasteiger partial charge in [0.05, 0.1) is 0 Å². The fraction of sp³-hybridized carbons (Fsp3) is 0.600. The van der Waals surface area contributed by atoms with Crippen molar-refractivity contribution < 1.29 is 0 Å². The van der Waals surface area contributed by atoms with E-state index >= 15 is 0 Å². The largest absolute Gasteiger partial charge is 0.305 e. The normalized spacial score (nSPS) is 18.1. The van der Waals surface area contributed by atoms with Gasteiger partial charge in [-0.2, -0.15) is 12.6 Å². The Kier molecular flexibility index (Phi) is 4.52. The fourth-order valence-corrected chi connectivity index (χ4v) is 3.08. The standard InChI is InChI=1S/C15H23NS/c1-16(12-15(13-17)9-5-10-15)11-8-14-6-3-2-4-7-14/h2-4,6-7,17H,5,8-13H2,1H3. The van der Waals surface area contributed by atoms with Crippen LogP contribution in [0.15, 0.2) is 30.3 Å². The minimum absolute atomic E-state index is 0.522. The summed E-state index contributed by atoms with van der Waals surface area (Å²) >= 11 is 4.52. The van der Waals surface area contributed by atoms with Gasteiger partial charge in [0, 0.05) is 13.1 Å². The van der Waals surface area contributed by atoms with Gasteiger partial charge in [-0.3, -0.25) is 0 Å². The second kappa shape index (κ2) is 5.92. The maximum absolute atomic E-state index is 4.52. The summed E-state index contributed by atoms with van der Waals surface area (Å²) < 4.78 is 0. The lowest BCUT2D eigenvalue weighted by Crippen LogP contribution is -2.42. The van der Waals surface area contributed by atoms with Crippen LogP contribution in [-0.4, -0.2) is 30.8 Å². The highest BCUT2D eigenvalue weighted by Gasteiger charge is 2.36. The van der Waals surface area contributed by atoms with E-state index in [-0.39, 0.29) is 0 Å². The monoisotopic (exact) mass is 249 g/mol. The SMILES string of the molecule is CN(CCc1ccccc1)CC1(CS)CCC1. The molecule has 0 N–H and O–H groups in total. The molecule has 0 aliphatic heterocycles. The third-order valence-corrected chi connectivity index (χ3v) is 4.65. The minimum atomic E-state index is 0.522. The van der Waals surface area contributed by atoms with Crippen molar-refractivity contribution in [2.24, 2.45) is 5.41 Å². The van der Waals surface area contributed by atoms with Gasteiger partial charge in [-0.15, -0.1) is 0 Å². The van der Waals surface area contributed by atoms with Crippen LogP contribution in [0, 0.1) is 5.41 Å². The van der Waals surface area contributed by atoms with Gasteiger partial charge in [0.2, 0.25) is 0 Å². The van der Waals surface area contributed by atoms with E-state index in [2.05, 4.69) is 54.9 Å². The Hall–Kier alpha value is -0.470. The van der Waals surface area contributed by atoms with Crippen LogP contribution in [0.4, 0.5) is 0 Å². The molecule has 94 valence electrons. The molecule has 2 heteroatoms. The van der Waals surface area contributed by atoms with Crippen molar-refractivity contribution in [2.75, 3.05) is 25.9 Å². The van der Waals surface area contributed by atoms with Crippen LogP contribution in [0.2, 0.25) is 0 Å². The molecule has 1 fully saturated rings. The van der Waals surface area contributed by atoms with E-state index in [1.165, 1.54) is 31.4 Å². The predicted octanol–water partition coefficient (Wildman–Crippen LogP) is 3.26. The Bertz CT molecular complexity index is 327. The van der Waals surface area contributed by atoms with Gasteiger partial charge in [-0.05, 0) is 43.0 Å². The molecular formula is C15H23NS. The summed E-state index contributed by atoms with van der Waals surface area (Å²) in [6.07, 6.45) is 5.28. The lowest BCUT2D eigenvalue weighted by atomic mass is 9.70. The second-order valence-corrected chi connectivity index (χ2v) is 5.80. The van der Waals surface area contributed by atoms with Gasteiger partial charge in [0.15, 0.2) is 0 Å². The molecule has 0 aromatic heterocycles. The average Bonchev–Trinajstić information content (AvgIpc) is 2.33. The highest BCUT2D eigenvalue weighted by molar-refractivity contribution is 7.80. The zero-order valence-electron chi connectivity index (χ0n) is 10.7. The summed E-state index contributed by atoms with van der Waals surface area (Å²) in [4.78, 5) is 2.47. The molecule has 1 aliphatic rings. The van der Waals surface area contributed by atoms with Crippen LogP contribution in [0.25, 0.3) is 0 Å². The number of rotatable bonds is 6. The van der Waals surface area contributed by atoms with E-state index in [9.17, 15) is 0 Å². The summed E-state index contributed by atoms with van der Waals surface area (Å²) in [6.45, 7) is 2.36. The Morgan fingerprint density at radius 2 is 1.94 bits per heavy atom. The van der Waals surface area contributed by atoms with Gasteiger partial charge in [-0.1, -0.05) is 36.8 Å². The van der Waals surface area contributed by atoms with E-state index in [1.807, 2.05) is 0 Å². The van der Waals surface area contributed by atoms with Gasteiger partial charge in [0.25, 0.3) is 0 Å². The third kappa shape index (κ3) is 3.49. The summed E-state index contributed by atoms with van der Waals surface area (Å²) in [5.41, 5.74) is 1.96. The molecule has 1 nitrogen and oxygen atoms in total. The first-order valence-corrected chi connectivity index (χ1v) is 7.21. The fourth-order valence-electron chi connectivity index (χ4n) is 2.66. The van der Waals surface area contributed by atoms with Crippen molar-refractivity contribution in [3.8, 4) is 0 Å². The minimum Gasteiger partial charge on any atom is -0.305 e. The number of hydrogen-bond acceptors (Lipinski definition) is 2. The van der Waals surface area contributed by atoms with Crippen LogP contribution in [0.3, 0.4) is 0 Å². The summed E-state index contributed by atoms with van der Waals surface area (Å²) in [5, 5.41) is 0. The van der Waals surface area contributed by atoms with E-state index in [4.69, 9.17) is 0 Å². The molecule has 1 aliphatic carbocycles. The molecule has 2 rings (SSSR count). The number of likely N-dealkylation sites (N-methyl/N-ethyl adjacent to an activating group) is 1. The second-order valence-electron chi connectivity index (χ2n) is 5.49. The van der Waals surface area contributed by atoms with Crippen molar-refractivity contribution in [3.05, 3.63) is 35.9 Å². The Morgan fingerprint density at radius 1 is 1.24 bits per heavy atom. The molecule has 0 spiro atoms. The Balaban J connectivity index is 1.76. The Morgan fingerprint density at radius 3 is 2.47 bits per heavy atom. The van der Waals surface area contributed by atoms with Crippen molar-refractivity contribution in [3.63, 3.8) is 0 Å². The van der Waals surface area contributed by atoms with Gasteiger partial charge in [0.1, 0.15) is 0 Å². The first-order valence-electron chi connectivity index (χ1n) is 6.57. The molecule has 17 heavy (non-hydrogen) atoms. The van der Waals surface area contributed by atoms with Crippen LogP contribution >= 0.6 is 12.6 Å². The van der Waals surface area contributed by atoms with Gasteiger partial charge < -0.3 is 4.90 Å². The lowest BCUT2D eigenvalue weighted by molar-refractivity contribution is 0.106. The van der Waals surface area contributed by atoms with Crippen LogP contribution in [-0.2, 0) is 6.42 Å². The number of nitrogens with zero attached hydrogens (tertiary/aromatic N) is 1. The highest BCUT2D eigenvalue weighted by atomic mass is 32.1. The number of benzene rings is 1. The molecule has 0 heterocycles. The van der Waals surface area contributed by atoms with E-state index in [0.717, 1.165) is 18.7 Å². The maximum atomic E-state index is 4.52. The molecule has 0 radical (unpaired) electrons. The molecule has 0 bridgehead atoms. The lowest BCUT2D eigenvalue weighted by Gasteiger charge is -2.43. The van der Waals surface area contributed by atoms with Crippen molar-refractivity contribution in [1.29, 1.82) is 0 Å². The smallest absolute Gasteiger partial charge is 0.00429 e. The first kappa shape index (κ1) is 13.0. The van der Waals surface area contributed by atoms with E-state index in [0.29, 0.717) is 5.41 Å². The molecular weight excluding hydrogens is 226 g/mol.